The van der Waals surface area contributed by atoms with Gasteiger partial charge in [-0.1, -0.05) is 18.5 Å². The molecule has 6 heteroatoms. The van der Waals surface area contributed by atoms with Crippen molar-refractivity contribution in [3.05, 3.63) is 16.9 Å². The Bertz CT molecular complexity index is 422. The van der Waals surface area contributed by atoms with E-state index in [0.29, 0.717) is 16.5 Å². The van der Waals surface area contributed by atoms with Crippen molar-refractivity contribution >= 4 is 35.1 Å². The van der Waals surface area contributed by atoms with E-state index in [1.807, 2.05) is 18.8 Å². The molecule has 3 nitrogen and oxygen atoms in total. The van der Waals surface area contributed by atoms with Crippen LogP contribution in [-0.4, -0.2) is 38.8 Å². The van der Waals surface area contributed by atoms with Gasteiger partial charge in [-0.2, -0.15) is 28.6 Å². The molecule has 1 aliphatic heterocycles. The summed E-state index contributed by atoms with van der Waals surface area (Å²) in [6.45, 7) is 6.60. The highest BCUT2D eigenvalue weighted by Gasteiger charge is 2.34. The number of nitrogens with one attached hydrogen (secondary N) is 1. The maximum atomic E-state index is 6.39. The first-order valence-electron chi connectivity index (χ1n) is 6.69. The van der Waals surface area contributed by atoms with Gasteiger partial charge in [0, 0.05) is 28.0 Å². The molecular formula is C13H22ClN3S2. The summed E-state index contributed by atoms with van der Waals surface area (Å²) in [5, 5.41) is 9.83. The van der Waals surface area contributed by atoms with Gasteiger partial charge in [0.1, 0.15) is 0 Å². The predicted molar refractivity (Wildman–Crippen MR) is 87.6 cm³/mol. The van der Waals surface area contributed by atoms with Gasteiger partial charge in [0.2, 0.25) is 0 Å². The summed E-state index contributed by atoms with van der Waals surface area (Å²) in [5.74, 6) is 2.46. The number of halogens is 1. The van der Waals surface area contributed by atoms with Crippen LogP contribution in [0.2, 0.25) is 5.02 Å². The van der Waals surface area contributed by atoms with E-state index in [4.69, 9.17) is 11.6 Å². The van der Waals surface area contributed by atoms with E-state index < -0.39 is 0 Å². The summed E-state index contributed by atoms with van der Waals surface area (Å²) in [4.78, 5) is 0. The maximum absolute atomic E-state index is 6.39. The second-order valence-electron chi connectivity index (χ2n) is 5.09. The maximum Gasteiger partial charge on any atom is 0.0834 e. The van der Waals surface area contributed by atoms with Crippen molar-refractivity contribution in [2.24, 2.45) is 0 Å². The van der Waals surface area contributed by atoms with Crippen LogP contribution in [0.1, 0.15) is 38.5 Å². The average Bonchev–Trinajstić information content (AvgIpc) is 2.75. The zero-order valence-corrected chi connectivity index (χ0v) is 14.3. The summed E-state index contributed by atoms with van der Waals surface area (Å²) in [6, 6.07) is 0.583. The van der Waals surface area contributed by atoms with Crippen LogP contribution in [0.4, 0.5) is 0 Å². The van der Waals surface area contributed by atoms with E-state index in [2.05, 4.69) is 47.6 Å². The lowest BCUT2D eigenvalue weighted by Crippen LogP contribution is -2.37. The van der Waals surface area contributed by atoms with E-state index in [1.165, 1.54) is 11.5 Å². The zero-order valence-electron chi connectivity index (χ0n) is 11.9. The molecule has 0 bridgehead atoms. The highest BCUT2D eigenvalue weighted by atomic mass is 35.5. The van der Waals surface area contributed by atoms with Crippen LogP contribution < -0.4 is 5.32 Å². The quantitative estimate of drug-likeness (QED) is 0.918. The van der Waals surface area contributed by atoms with Gasteiger partial charge >= 0.3 is 0 Å². The van der Waals surface area contributed by atoms with Crippen LogP contribution >= 0.6 is 35.1 Å². The van der Waals surface area contributed by atoms with E-state index in [9.17, 15) is 0 Å². The molecule has 1 fully saturated rings. The van der Waals surface area contributed by atoms with Crippen molar-refractivity contribution in [1.29, 1.82) is 0 Å². The van der Waals surface area contributed by atoms with Crippen LogP contribution in [0.5, 0.6) is 0 Å². The van der Waals surface area contributed by atoms with Crippen LogP contribution in [0.3, 0.4) is 0 Å². The van der Waals surface area contributed by atoms with E-state index in [1.54, 1.807) is 6.20 Å². The Morgan fingerprint density at radius 1 is 1.42 bits per heavy atom. The molecule has 2 heterocycles. The molecule has 19 heavy (non-hydrogen) atoms. The van der Waals surface area contributed by atoms with Crippen molar-refractivity contribution in [3.8, 4) is 0 Å². The summed E-state index contributed by atoms with van der Waals surface area (Å²) in [7, 11) is 2.02. The van der Waals surface area contributed by atoms with Crippen molar-refractivity contribution < 1.29 is 0 Å². The number of aromatic nitrogens is 2. The fourth-order valence-electron chi connectivity index (χ4n) is 2.53. The highest BCUT2D eigenvalue weighted by Crippen LogP contribution is 2.40. The second-order valence-corrected chi connectivity index (χ2v) is 8.27. The van der Waals surface area contributed by atoms with Crippen molar-refractivity contribution in [2.45, 2.75) is 43.4 Å². The Labute approximate surface area is 129 Å². The van der Waals surface area contributed by atoms with Crippen molar-refractivity contribution in [1.82, 2.24) is 15.1 Å². The number of hydrogen-bond acceptors (Lipinski definition) is 4. The SMILES string of the molecule is CNC(c1c(Cl)cnn1C(C)C)C1SCCSC1C. The van der Waals surface area contributed by atoms with Crippen LogP contribution in [0.25, 0.3) is 0 Å². The average molecular weight is 320 g/mol. The molecule has 3 atom stereocenters. The van der Waals surface area contributed by atoms with Gasteiger partial charge in [-0.25, -0.2) is 0 Å². The van der Waals surface area contributed by atoms with Crippen LogP contribution in [0, 0.1) is 0 Å². The number of hydrogen-bond donors (Lipinski definition) is 1. The molecule has 0 saturated carbocycles. The normalized spacial score (nSPS) is 25.8. The standard InChI is InChI=1S/C13H22ClN3S2/c1-8(2)17-12(10(14)7-16-17)11(15-4)13-9(3)18-5-6-19-13/h7-9,11,13,15H,5-6H2,1-4H3. The smallest absolute Gasteiger partial charge is 0.0834 e. The number of nitrogens with zero attached hydrogens (tertiary/aromatic N) is 2. The third-order valence-electron chi connectivity index (χ3n) is 3.45. The molecule has 1 aromatic rings. The lowest BCUT2D eigenvalue weighted by molar-refractivity contribution is 0.452. The molecular weight excluding hydrogens is 298 g/mol. The van der Waals surface area contributed by atoms with Crippen LogP contribution in [0.15, 0.2) is 6.20 Å². The first-order chi connectivity index (χ1) is 9.06. The van der Waals surface area contributed by atoms with Gasteiger partial charge in [-0.3, -0.25) is 4.68 Å². The number of rotatable bonds is 4. The monoisotopic (exact) mass is 319 g/mol. The molecule has 0 amide bonds. The Morgan fingerprint density at radius 3 is 2.68 bits per heavy atom. The predicted octanol–water partition coefficient (Wildman–Crippen LogP) is 3.62. The summed E-state index contributed by atoms with van der Waals surface area (Å²) < 4.78 is 2.05. The van der Waals surface area contributed by atoms with Crippen molar-refractivity contribution in [3.63, 3.8) is 0 Å². The summed E-state index contributed by atoms with van der Waals surface area (Å²) in [5.41, 5.74) is 1.13. The molecule has 0 aromatic carbocycles. The van der Waals surface area contributed by atoms with Gasteiger partial charge in [-0.05, 0) is 20.9 Å². The Morgan fingerprint density at radius 2 is 2.11 bits per heavy atom. The Balaban J connectivity index is 2.33. The van der Waals surface area contributed by atoms with Gasteiger partial charge in [0.05, 0.1) is 23.0 Å². The molecule has 0 radical (unpaired) electrons. The second kappa shape index (κ2) is 6.74. The third kappa shape index (κ3) is 3.26. The summed E-state index contributed by atoms with van der Waals surface area (Å²) >= 11 is 10.5. The van der Waals surface area contributed by atoms with Gasteiger partial charge in [0.25, 0.3) is 0 Å². The minimum atomic E-state index is 0.255. The molecule has 1 saturated heterocycles. The van der Waals surface area contributed by atoms with Gasteiger partial charge < -0.3 is 5.32 Å². The fourth-order valence-corrected chi connectivity index (χ4v) is 5.73. The van der Waals surface area contributed by atoms with E-state index in [0.717, 1.165) is 10.7 Å². The third-order valence-corrected chi connectivity index (χ3v) is 6.93. The molecule has 0 spiro atoms. The first kappa shape index (κ1) is 15.5. The molecule has 3 unspecified atom stereocenters. The van der Waals surface area contributed by atoms with E-state index in [-0.39, 0.29) is 6.04 Å². The van der Waals surface area contributed by atoms with Gasteiger partial charge in [0.15, 0.2) is 0 Å². The highest BCUT2D eigenvalue weighted by molar-refractivity contribution is 8.07. The lowest BCUT2D eigenvalue weighted by atomic mass is 10.1. The molecule has 0 aliphatic carbocycles. The molecule has 1 N–H and O–H groups in total. The van der Waals surface area contributed by atoms with E-state index >= 15 is 0 Å². The first-order valence-corrected chi connectivity index (χ1v) is 9.17. The van der Waals surface area contributed by atoms with Crippen molar-refractivity contribution in [2.75, 3.05) is 18.6 Å². The molecule has 2 rings (SSSR count). The topological polar surface area (TPSA) is 29.9 Å². The minimum absolute atomic E-state index is 0.255. The largest absolute Gasteiger partial charge is 0.311 e. The fraction of sp³-hybridized carbons (Fsp3) is 0.769. The Hall–Kier alpha value is 0.160. The lowest BCUT2D eigenvalue weighted by Gasteiger charge is -2.35. The van der Waals surface area contributed by atoms with Crippen LogP contribution in [-0.2, 0) is 0 Å². The minimum Gasteiger partial charge on any atom is -0.311 e. The molecule has 108 valence electrons. The van der Waals surface area contributed by atoms with Gasteiger partial charge in [-0.15, -0.1) is 0 Å². The Kier molecular flexibility index (Phi) is 5.52. The zero-order chi connectivity index (χ0) is 14.0. The number of thioether (sulfide) groups is 2. The molecule has 1 aromatic heterocycles. The summed E-state index contributed by atoms with van der Waals surface area (Å²) in [6.07, 6.45) is 1.77. The molecule has 1 aliphatic rings.